The predicted molar refractivity (Wildman–Crippen MR) is 81.8 cm³/mol. The third-order valence-electron chi connectivity index (χ3n) is 3.02. The quantitative estimate of drug-likeness (QED) is 0.765. The van der Waals surface area contributed by atoms with Crippen molar-refractivity contribution in [1.29, 1.82) is 0 Å². The zero-order valence-electron chi connectivity index (χ0n) is 12.7. The molecule has 1 aromatic carbocycles. The Bertz CT molecular complexity index is 401. The minimum atomic E-state index is -0.0872. The third kappa shape index (κ3) is 6.57. The first kappa shape index (κ1) is 16.5. The fraction of sp³-hybridized carbons (Fsp3) is 0.562. The second-order valence-electron chi connectivity index (χ2n) is 5.50. The highest BCUT2D eigenvalue weighted by molar-refractivity contribution is 5.77. The van der Waals surface area contributed by atoms with Gasteiger partial charge in [0.25, 0.3) is 5.91 Å². The van der Waals surface area contributed by atoms with Crippen LogP contribution in [-0.2, 0) is 11.2 Å². The summed E-state index contributed by atoms with van der Waals surface area (Å²) < 4.78 is 5.44. The van der Waals surface area contributed by atoms with Crippen molar-refractivity contribution >= 4 is 5.91 Å². The molecule has 4 nitrogen and oxygen atoms in total. The lowest BCUT2D eigenvalue weighted by atomic mass is 10.0. The first-order valence-electron chi connectivity index (χ1n) is 7.25. The van der Waals surface area contributed by atoms with Crippen molar-refractivity contribution in [2.24, 2.45) is 11.7 Å². The van der Waals surface area contributed by atoms with E-state index in [1.807, 2.05) is 24.3 Å². The van der Waals surface area contributed by atoms with Gasteiger partial charge in [0, 0.05) is 12.6 Å². The van der Waals surface area contributed by atoms with Gasteiger partial charge in [0.2, 0.25) is 0 Å². The Morgan fingerprint density at radius 2 is 1.95 bits per heavy atom. The van der Waals surface area contributed by atoms with Crippen molar-refractivity contribution in [3.8, 4) is 5.75 Å². The molecule has 0 fully saturated rings. The van der Waals surface area contributed by atoms with E-state index in [4.69, 9.17) is 10.5 Å². The van der Waals surface area contributed by atoms with E-state index in [-0.39, 0.29) is 18.6 Å². The van der Waals surface area contributed by atoms with E-state index >= 15 is 0 Å². The maximum absolute atomic E-state index is 11.5. The first-order valence-corrected chi connectivity index (χ1v) is 7.25. The molecule has 0 saturated heterocycles. The summed E-state index contributed by atoms with van der Waals surface area (Å²) >= 11 is 0. The molecule has 0 spiro atoms. The van der Waals surface area contributed by atoms with Gasteiger partial charge < -0.3 is 15.8 Å². The van der Waals surface area contributed by atoms with Gasteiger partial charge in [-0.2, -0.15) is 0 Å². The molecule has 1 atom stereocenters. The van der Waals surface area contributed by atoms with E-state index in [0.29, 0.717) is 18.2 Å². The smallest absolute Gasteiger partial charge is 0.257 e. The Hall–Kier alpha value is -1.55. The molecule has 0 aromatic heterocycles. The second kappa shape index (κ2) is 8.59. The van der Waals surface area contributed by atoms with Gasteiger partial charge >= 0.3 is 0 Å². The highest BCUT2D eigenvalue weighted by atomic mass is 16.5. The average Bonchev–Trinajstić information content (AvgIpc) is 2.44. The first-order chi connectivity index (χ1) is 9.51. The van der Waals surface area contributed by atoms with E-state index in [0.717, 1.165) is 12.8 Å². The molecule has 3 N–H and O–H groups in total. The van der Waals surface area contributed by atoms with E-state index < -0.39 is 0 Å². The summed E-state index contributed by atoms with van der Waals surface area (Å²) in [6.45, 7) is 6.93. The molecular weight excluding hydrogens is 252 g/mol. The van der Waals surface area contributed by atoms with Crippen LogP contribution in [-0.4, -0.2) is 25.1 Å². The Morgan fingerprint density at radius 3 is 2.50 bits per heavy atom. The number of amides is 1. The van der Waals surface area contributed by atoms with Gasteiger partial charge in [-0.05, 0) is 36.5 Å². The minimum Gasteiger partial charge on any atom is -0.484 e. The van der Waals surface area contributed by atoms with Crippen molar-refractivity contribution in [3.05, 3.63) is 29.8 Å². The number of nitrogens with one attached hydrogen (secondary N) is 1. The monoisotopic (exact) mass is 278 g/mol. The summed E-state index contributed by atoms with van der Waals surface area (Å²) in [6.07, 6.45) is 1.83. The van der Waals surface area contributed by atoms with E-state index in [1.165, 1.54) is 5.56 Å². The maximum Gasteiger partial charge on any atom is 0.257 e. The molecule has 1 rings (SSSR count). The van der Waals surface area contributed by atoms with Crippen molar-refractivity contribution in [2.45, 2.75) is 39.7 Å². The van der Waals surface area contributed by atoms with Crippen molar-refractivity contribution in [2.75, 3.05) is 13.2 Å². The lowest BCUT2D eigenvalue weighted by molar-refractivity contribution is -0.123. The standard InChI is InChI=1S/C16H26N2O2/c1-4-14(17)9-13-5-7-15(8-6-13)20-11-16(19)18-10-12(2)3/h5-8,12,14H,4,9-11,17H2,1-3H3,(H,18,19). The summed E-state index contributed by atoms with van der Waals surface area (Å²) in [5, 5.41) is 2.82. The number of ether oxygens (including phenoxy) is 1. The molecule has 1 aromatic rings. The molecule has 0 saturated carbocycles. The molecule has 1 amide bonds. The number of carbonyl (C=O) groups is 1. The van der Waals surface area contributed by atoms with Crippen molar-refractivity contribution in [3.63, 3.8) is 0 Å². The third-order valence-corrected chi connectivity index (χ3v) is 3.02. The van der Waals surface area contributed by atoms with Crippen LogP contribution in [0.1, 0.15) is 32.8 Å². The molecular formula is C16H26N2O2. The lowest BCUT2D eigenvalue weighted by Gasteiger charge is -2.11. The van der Waals surface area contributed by atoms with Gasteiger partial charge in [0.1, 0.15) is 5.75 Å². The number of hydrogen-bond acceptors (Lipinski definition) is 3. The molecule has 112 valence electrons. The fourth-order valence-electron chi connectivity index (χ4n) is 1.69. The van der Waals surface area contributed by atoms with Gasteiger partial charge in [-0.1, -0.05) is 32.9 Å². The van der Waals surface area contributed by atoms with Gasteiger partial charge in [0.15, 0.2) is 6.61 Å². The maximum atomic E-state index is 11.5. The minimum absolute atomic E-state index is 0.0561. The zero-order chi connectivity index (χ0) is 15.0. The van der Waals surface area contributed by atoms with Crippen LogP contribution in [0, 0.1) is 5.92 Å². The number of rotatable bonds is 8. The summed E-state index contributed by atoms with van der Waals surface area (Å²) in [5.74, 6) is 1.07. The summed E-state index contributed by atoms with van der Waals surface area (Å²) in [7, 11) is 0. The summed E-state index contributed by atoms with van der Waals surface area (Å²) in [4.78, 5) is 11.5. The van der Waals surface area contributed by atoms with Crippen LogP contribution in [0.2, 0.25) is 0 Å². The lowest BCUT2D eigenvalue weighted by Crippen LogP contribution is -2.31. The molecule has 0 aliphatic rings. The van der Waals surface area contributed by atoms with Crippen LogP contribution in [0.3, 0.4) is 0 Å². The molecule has 4 heteroatoms. The van der Waals surface area contributed by atoms with E-state index in [1.54, 1.807) is 0 Å². The highest BCUT2D eigenvalue weighted by Crippen LogP contribution is 2.13. The van der Waals surface area contributed by atoms with Crippen LogP contribution in [0.15, 0.2) is 24.3 Å². The molecule has 1 unspecified atom stereocenters. The Labute approximate surface area is 121 Å². The van der Waals surface area contributed by atoms with Crippen LogP contribution in [0.4, 0.5) is 0 Å². The van der Waals surface area contributed by atoms with Crippen molar-refractivity contribution in [1.82, 2.24) is 5.32 Å². The van der Waals surface area contributed by atoms with Gasteiger partial charge in [-0.25, -0.2) is 0 Å². The zero-order valence-corrected chi connectivity index (χ0v) is 12.7. The molecule has 0 aliphatic heterocycles. The average molecular weight is 278 g/mol. The largest absolute Gasteiger partial charge is 0.484 e. The number of hydrogen-bond donors (Lipinski definition) is 2. The van der Waals surface area contributed by atoms with Crippen molar-refractivity contribution < 1.29 is 9.53 Å². The number of benzene rings is 1. The molecule has 20 heavy (non-hydrogen) atoms. The van der Waals surface area contributed by atoms with Gasteiger partial charge in [-0.3, -0.25) is 4.79 Å². The SMILES string of the molecule is CCC(N)Cc1ccc(OCC(=O)NCC(C)C)cc1. The molecule has 0 aliphatic carbocycles. The van der Waals surface area contributed by atoms with Crippen LogP contribution < -0.4 is 15.8 Å². The van der Waals surface area contributed by atoms with Crippen LogP contribution in [0.25, 0.3) is 0 Å². The Morgan fingerprint density at radius 1 is 1.30 bits per heavy atom. The van der Waals surface area contributed by atoms with Gasteiger partial charge in [-0.15, -0.1) is 0 Å². The van der Waals surface area contributed by atoms with Crippen LogP contribution in [0.5, 0.6) is 5.75 Å². The molecule has 0 bridgehead atoms. The summed E-state index contributed by atoms with van der Waals surface area (Å²) in [6, 6.07) is 7.96. The normalized spacial score (nSPS) is 12.2. The fourth-order valence-corrected chi connectivity index (χ4v) is 1.69. The Kier molecular flexibility index (Phi) is 7.09. The molecule has 0 radical (unpaired) electrons. The molecule has 0 heterocycles. The highest BCUT2D eigenvalue weighted by Gasteiger charge is 2.05. The topological polar surface area (TPSA) is 64.3 Å². The van der Waals surface area contributed by atoms with Gasteiger partial charge in [0.05, 0.1) is 0 Å². The Balaban J connectivity index is 2.36. The van der Waals surface area contributed by atoms with E-state index in [2.05, 4.69) is 26.1 Å². The number of carbonyl (C=O) groups excluding carboxylic acids is 1. The van der Waals surface area contributed by atoms with E-state index in [9.17, 15) is 4.79 Å². The predicted octanol–water partition coefficient (Wildman–Crippen LogP) is 2.12. The second-order valence-corrected chi connectivity index (χ2v) is 5.50. The van der Waals surface area contributed by atoms with Crippen LogP contribution >= 0.6 is 0 Å². The number of nitrogens with two attached hydrogens (primary N) is 1. The summed E-state index contributed by atoms with van der Waals surface area (Å²) in [5.41, 5.74) is 7.11.